The highest BCUT2D eigenvalue weighted by Gasteiger charge is 2.23. The van der Waals surface area contributed by atoms with Crippen molar-refractivity contribution in [3.05, 3.63) is 29.8 Å². The fraction of sp³-hybridized carbons (Fsp3) is 0.571. The minimum atomic E-state index is -0.586. The fourth-order valence-corrected chi connectivity index (χ4v) is 4.55. The van der Waals surface area contributed by atoms with Gasteiger partial charge >= 0.3 is 0 Å². The molecule has 1 heterocycles. The summed E-state index contributed by atoms with van der Waals surface area (Å²) >= 11 is 0. The Kier molecular flexibility index (Phi) is 3.60. The normalized spacial score (nSPS) is 22.0. The standard InChI is InChI=1S/C14H22OS/c1-12(2)13-4-6-14(7-5-13)16(3)10-8-15-9-11-16/h4-7,12H,8-11H2,1-3H3. The van der Waals surface area contributed by atoms with Crippen LogP contribution in [0.4, 0.5) is 0 Å². The van der Waals surface area contributed by atoms with Gasteiger partial charge in [-0.25, -0.2) is 10.0 Å². The predicted molar refractivity (Wildman–Crippen MR) is 72.9 cm³/mol. The first-order valence-corrected chi connectivity index (χ1v) is 8.41. The van der Waals surface area contributed by atoms with Gasteiger partial charge in [0.05, 0.1) is 13.2 Å². The molecule has 16 heavy (non-hydrogen) atoms. The molecular weight excluding hydrogens is 216 g/mol. The molecule has 0 saturated carbocycles. The van der Waals surface area contributed by atoms with Crippen LogP contribution in [0.5, 0.6) is 0 Å². The van der Waals surface area contributed by atoms with Gasteiger partial charge < -0.3 is 4.74 Å². The molecule has 0 aliphatic carbocycles. The van der Waals surface area contributed by atoms with Crippen LogP contribution in [0.1, 0.15) is 25.3 Å². The van der Waals surface area contributed by atoms with Crippen molar-refractivity contribution in [1.29, 1.82) is 0 Å². The Morgan fingerprint density at radius 3 is 2.12 bits per heavy atom. The topological polar surface area (TPSA) is 9.23 Å². The van der Waals surface area contributed by atoms with E-state index in [1.165, 1.54) is 17.1 Å². The van der Waals surface area contributed by atoms with Crippen LogP contribution in [0.25, 0.3) is 0 Å². The summed E-state index contributed by atoms with van der Waals surface area (Å²) < 4.78 is 5.47. The second-order valence-corrected chi connectivity index (χ2v) is 8.86. The van der Waals surface area contributed by atoms with Gasteiger partial charge in [-0.2, -0.15) is 0 Å². The van der Waals surface area contributed by atoms with Crippen LogP contribution < -0.4 is 0 Å². The van der Waals surface area contributed by atoms with Gasteiger partial charge in [-0.15, -0.1) is 0 Å². The number of hydrogen-bond donors (Lipinski definition) is 0. The van der Waals surface area contributed by atoms with Gasteiger partial charge in [-0.3, -0.25) is 0 Å². The maximum absolute atomic E-state index is 5.47. The zero-order valence-corrected chi connectivity index (χ0v) is 11.3. The Hall–Kier alpha value is -0.470. The molecule has 1 aliphatic rings. The largest absolute Gasteiger partial charge is 0.380 e. The number of hydrogen-bond acceptors (Lipinski definition) is 1. The first-order chi connectivity index (χ1) is 7.62. The molecule has 1 aliphatic heterocycles. The van der Waals surface area contributed by atoms with Gasteiger partial charge in [0.25, 0.3) is 0 Å². The summed E-state index contributed by atoms with van der Waals surface area (Å²) in [4.78, 5) is 1.56. The lowest BCUT2D eigenvalue weighted by atomic mass is 10.0. The molecule has 0 bridgehead atoms. The predicted octanol–water partition coefficient (Wildman–Crippen LogP) is 3.63. The molecule has 1 aromatic rings. The number of ether oxygens (including phenoxy) is 1. The Balaban J connectivity index is 2.20. The highest BCUT2D eigenvalue weighted by Crippen LogP contribution is 2.53. The van der Waals surface area contributed by atoms with Crippen molar-refractivity contribution < 1.29 is 4.74 Å². The molecule has 90 valence electrons. The monoisotopic (exact) mass is 238 g/mol. The average molecular weight is 238 g/mol. The van der Waals surface area contributed by atoms with Gasteiger partial charge in [-0.05, 0) is 34.8 Å². The van der Waals surface area contributed by atoms with E-state index in [1.807, 2.05) is 0 Å². The van der Waals surface area contributed by atoms with E-state index >= 15 is 0 Å². The summed E-state index contributed by atoms with van der Waals surface area (Å²) in [5.74, 6) is 3.09. The van der Waals surface area contributed by atoms with E-state index in [9.17, 15) is 0 Å². The quantitative estimate of drug-likeness (QED) is 0.764. The second kappa shape index (κ2) is 4.80. The van der Waals surface area contributed by atoms with Crippen molar-refractivity contribution in [2.45, 2.75) is 24.7 Å². The van der Waals surface area contributed by atoms with Crippen LogP contribution >= 0.6 is 10.0 Å². The van der Waals surface area contributed by atoms with Gasteiger partial charge in [0, 0.05) is 11.5 Å². The Morgan fingerprint density at radius 2 is 1.62 bits per heavy atom. The lowest BCUT2D eigenvalue weighted by Gasteiger charge is -2.39. The SMILES string of the molecule is CC(C)c1ccc(S2(C)CCOCC2)cc1. The molecule has 0 amide bonds. The van der Waals surface area contributed by atoms with Gasteiger partial charge in [0.1, 0.15) is 0 Å². The van der Waals surface area contributed by atoms with Crippen LogP contribution in [0.2, 0.25) is 0 Å². The minimum absolute atomic E-state index is 0.586. The molecule has 1 fully saturated rings. The summed E-state index contributed by atoms with van der Waals surface area (Å²) in [7, 11) is -0.586. The van der Waals surface area contributed by atoms with Gasteiger partial charge in [0.15, 0.2) is 0 Å². The summed E-state index contributed by atoms with van der Waals surface area (Å²) in [5, 5.41) is 0. The molecule has 1 aromatic carbocycles. The molecule has 0 radical (unpaired) electrons. The van der Waals surface area contributed by atoms with E-state index in [4.69, 9.17) is 4.74 Å². The van der Waals surface area contributed by atoms with E-state index in [0.717, 1.165) is 13.2 Å². The van der Waals surface area contributed by atoms with Crippen LogP contribution in [-0.2, 0) is 4.74 Å². The Morgan fingerprint density at radius 1 is 1.06 bits per heavy atom. The van der Waals surface area contributed by atoms with Crippen molar-refractivity contribution >= 4 is 10.0 Å². The van der Waals surface area contributed by atoms with E-state index in [-0.39, 0.29) is 0 Å². The maximum atomic E-state index is 5.47. The number of rotatable bonds is 2. The summed E-state index contributed by atoms with van der Waals surface area (Å²) in [6, 6.07) is 9.29. The fourth-order valence-electron chi connectivity index (χ4n) is 2.11. The maximum Gasteiger partial charge on any atom is 0.0545 e. The van der Waals surface area contributed by atoms with Crippen molar-refractivity contribution in [2.75, 3.05) is 31.0 Å². The molecular formula is C14H22OS. The van der Waals surface area contributed by atoms with E-state index < -0.39 is 10.0 Å². The van der Waals surface area contributed by atoms with Crippen LogP contribution in [0, 0.1) is 0 Å². The third-order valence-corrected chi connectivity index (χ3v) is 7.02. The van der Waals surface area contributed by atoms with Crippen LogP contribution in [0.15, 0.2) is 29.2 Å². The molecule has 1 saturated heterocycles. The first-order valence-electron chi connectivity index (χ1n) is 6.03. The van der Waals surface area contributed by atoms with Crippen LogP contribution in [-0.4, -0.2) is 31.0 Å². The molecule has 0 N–H and O–H groups in total. The van der Waals surface area contributed by atoms with Crippen molar-refractivity contribution in [1.82, 2.24) is 0 Å². The highest BCUT2D eigenvalue weighted by molar-refractivity contribution is 8.33. The van der Waals surface area contributed by atoms with E-state index in [1.54, 1.807) is 4.90 Å². The summed E-state index contributed by atoms with van der Waals surface area (Å²) in [6.07, 6.45) is 2.44. The lowest BCUT2D eigenvalue weighted by molar-refractivity contribution is 0.159. The van der Waals surface area contributed by atoms with Gasteiger partial charge in [0.2, 0.25) is 0 Å². The van der Waals surface area contributed by atoms with E-state index in [2.05, 4.69) is 44.4 Å². The summed E-state index contributed by atoms with van der Waals surface area (Å²) in [5.41, 5.74) is 1.44. The highest BCUT2D eigenvalue weighted by atomic mass is 32.3. The summed E-state index contributed by atoms with van der Waals surface area (Å²) in [6.45, 7) is 6.38. The minimum Gasteiger partial charge on any atom is -0.380 e. The molecule has 2 heteroatoms. The molecule has 2 rings (SSSR count). The van der Waals surface area contributed by atoms with Crippen molar-refractivity contribution in [3.63, 3.8) is 0 Å². The second-order valence-electron chi connectivity index (χ2n) is 5.02. The third kappa shape index (κ3) is 2.44. The molecule has 0 aromatic heterocycles. The Labute approximate surface area is 101 Å². The molecule has 1 nitrogen and oxygen atoms in total. The smallest absolute Gasteiger partial charge is 0.0545 e. The molecule has 0 spiro atoms. The van der Waals surface area contributed by atoms with Crippen LogP contribution in [0.3, 0.4) is 0 Å². The molecule has 0 atom stereocenters. The lowest BCUT2D eigenvalue weighted by Crippen LogP contribution is -2.22. The Bertz CT molecular complexity index is 336. The van der Waals surface area contributed by atoms with Crippen molar-refractivity contribution in [2.24, 2.45) is 0 Å². The third-order valence-electron chi connectivity index (χ3n) is 3.47. The first kappa shape index (κ1) is 12.0. The van der Waals surface area contributed by atoms with E-state index in [0.29, 0.717) is 5.92 Å². The zero-order chi connectivity index (χ0) is 11.6. The average Bonchev–Trinajstić information content (AvgIpc) is 2.30. The molecule has 0 unspecified atom stereocenters. The van der Waals surface area contributed by atoms with Gasteiger partial charge in [-0.1, -0.05) is 26.0 Å². The van der Waals surface area contributed by atoms with Crippen molar-refractivity contribution in [3.8, 4) is 0 Å². The zero-order valence-electron chi connectivity index (χ0n) is 10.5. The number of benzene rings is 1.